The van der Waals surface area contributed by atoms with Gasteiger partial charge in [0.25, 0.3) is 0 Å². The lowest BCUT2D eigenvalue weighted by atomic mass is 9.93. The van der Waals surface area contributed by atoms with Crippen molar-refractivity contribution in [3.63, 3.8) is 0 Å². The molecule has 4 rings (SSSR count). The van der Waals surface area contributed by atoms with Gasteiger partial charge in [0.1, 0.15) is 11.5 Å². The lowest BCUT2D eigenvalue weighted by Crippen LogP contribution is -2.47. The van der Waals surface area contributed by atoms with Crippen LogP contribution in [0.2, 0.25) is 0 Å². The fraction of sp³-hybridized carbons (Fsp3) is 0.619. The zero-order chi connectivity index (χ0) is 17.2. The summed E-state index contributed by atoms with van der Waals surface area (Å²) in [6.45, 7) is 6.92. The first-order valence-electron chi connectivity index (χ1n) is 9.59. The van der Waals surface area contributed by atoms with Gasteiger partial charge < -0.3 is 14.4 Å². The number of rotatable bonds is 6. The van der Waals surface area contributed by atoms with Crippen molar-refractivity contribution in [2.75, 3.05) is 46.9 Å². The van der Waals surface area contributed by atoms with Crippen LogP contribution in [0.4, 0.5) is 0 Å². The van der Waals surface area contributed by atoms with Gasteiger partial charge in [-0.3, -0.25) is 4.90 Å². The van der Waals surface area contributed by atoms with Crippen molar-refractivity contribution in [1.82, 2.24) is 9.80 Å². The van der Waals surface area contributed by atoms with Gasteiger partial charge in [-0.2, -0.15) is 0 Å². The number of nitrogens with zero attached hydrogens (tertiary/aromatic N) is 2. The summed E-state index contributed by atoms with van der Waals surface area (Å²) < 4.78 is 10.8. The number of ether oxygens (including phenoxy) is 2. The highest BCUT2D eigenvalue weighted by Crippen LogP contribution is 2.43. The minimum absolute atomic E-state index is 0.852. The molecule has 25 heavy (non-hydrogen) atoms. The molecule has 1 aromatic carbocycles. The molecule has 136 valence electrons. The molecule has 1 heterocycles. The van der Waals surface area contributed by atoms with Gasteiger partial charge >= 0.3 is 0 Å². The Balaban J connectivity index is 1.28. The predicted molar refractivity (Wildman–Crippen MR) is 100 cm³/mol. The molecule has 0 N–H and O–H groups in total. The molecule has 4 heteroatoms. The third-order valence-electron chi connectivity index (χ3n) is 6.26. The summed E-state index contributed by atoms with van der Waals surface area (Å²) in [4.78, 5) is 5.22. The summed E-state index contributed by atoms with van der Waals surface area (Å²) in [5.74, 6) is 4.44. The Hall–Kier alpha value is -1.52. The number of hydrogen-bond donors (Lipinski definition) is 0. The normalized spacial score (nSPS) is 29.3. The van der Waals surface area contributed by atoms with Crippen molar-refractivity contribution < 1.29 is 9.47 Å². The van der Waals surface area contributed by atoms with Crippen LogP contribution in [-0.2, 0) is 6.54 Å². The fourth-order valence-corrected chi connectivity index (χ4v) is 4.79. The average molecular weight is 342 g/mol. The second-order valence-electron chi connectivity index (χ2n) is 7.79. The molecule has 4 nitrogen and oxygen atoms in total. The van der Waals surface area contributed by atoms with Crippen LogP contribution in [0.25, 0.3) is 0 Å². The maximum atomic E-state index is 5.54. The first kappa shape index (κ1) is 16.9. The van der Waals surface area contributed by atoms with Gasteiger partial charge in [0, 0.05) is 50.9 Å². The number of allylic oxidation sites excluding steroid dienone is 2. The quantitative estimate of drug-likeness (QED) is 0.742. The third kappa shape index (κ3) is 3.70. The predicted octanol–water partition coefficient (Wildman–Crippen LogP) is 3.03. The van der Waals surface area contributed by atoms with E-state index >= 15 is 0 Å². The van der Waals surface area contributed by atoms with Crippen molar-refractivity contribution in [3.05, 3.63) is 35.9 Å². The summed E-state index contributed by atoms with van der Waals surface area (Å²) in [5, 5.41) is 0. The molecule has 2 bridgehead atoms. The molecule has 0 unspecified atom stereocenters. The maximum absolute atomic E-state index is 5.54. The summed E-state index contributed by atoms with van der Waals surface area (Å²) >= 11 is 0. The summed E-state index contributed by atoms with van der Waals surface area (Å²) in [6, 6.07) is 6.14. The van der Waals surface area contributed by atoms with Crippen molar-refractivity contribution in [1.29, 1.82) is 0 Å². The Kier molecular flexibility index (Phi) is 5.00. The standard InChI is InChI=1S/C21H30N2O2/c1-24-20-6-5-18(21(13-20)25-2)14-22-7-9-23(10-8-22)15-19-12-16-3-4-17(19)11-16/h3-6,13,16-17,19H,7-12,14-15H2,1-2H3/t16-,17+,19+/m1/s1. The molecule has 3 aliphatic rings. The molecule has 2 fully saturated rings. The summed E-state index contributed by atoms with van der Waals surface area (Å²) in [5.41, 5.74) is 1.25. The van der Waals surface area contributed by atoms with E-state index in [-0.39, 0.29) is 0 Å². The average Bonchev–Trinajstić information content (AvgIpc) is 3.26. The Morgan fingerprint density at radius 2 is 1.76 bits per heavy atom. The minimum atomic E-state index is 0.852. The Bertz CT molecular complexity index is 622. The molecule has 1 aliphatic heterocycles. The highest BCUT2D eigenvalue weighted by atomic mass is 16.5. The van der Waals surface area contributed by atoms with E-state index in [1.807, 2.05) is 12.1 Å². The molecule has 1 saturated carbocycles. The van der Waals surface area contributed by atoms with Crippen molar-refractivity contribution in [2.24, 2.45) is 17.8 Å². The lowest BCUT2D eigenvalue weighted by molar-refractivity contribution is 0.108. The van der Waals surface area contributed by atoms with E-state index in [2.05, 4.69) is 28.0 Å². The van der Waals surface area contributed by atoms with Gasteiger partial charge in [-0.05, 0) is 36.7 Å². The van der Waals surface area contributed by atoms with Crippen LogP contribution in [0.3, 0.4) is 0 Å². The van der Waals surface area contributed by atoms with E-state index in [1.165, 1.54) is 38.0 Å². The van der Waals surface area contributed by atoms with E-state index in [1.54, 1.807) is 14.2 Å². The van der Waals surface area contributed by atoms with E-state index in [9.17, 15) is 0 Å². The van der Waals surface area contributed by atoms with E-state index in [4.69, 9.17) is 9.47 Å². The van der Waals surface area contributed by atoms with Gasteiger partial charge in [-0.15, -0.1) is 0 Å². The highest BCUT2D eigenvalue weighted by Gasteiger charge is 2.36. The van der Waals surface area contributed by atoms with Gasteiger partial charge in [0.15, 0.2) is 0 Å². The van der Waals surface area contributed by atoms with Gasteiger partial charge in [-0.1, -0.05) is 18.2 Å². The van der Waals surface area contributed by atoms with Crippen molar-refractivity contribution >= 4 is 0 Å². The summed E-state index contributed by atoms with van der Waals surface area (Å²) in [6.07, 6.45) is 7.76. The number of hydrogen-bond acceptors (Lipinski definition) is 4. The van der Waals surface area contributed by atoms with Crippen LogP contribution in [0.1, 0.15) is 18.4 Å². The highest BCUT2D eigenvalue weighted by molar-refractivity contribution is 5.40. The number of piperazine rings is 1. The zero-order valence-electron chi connectivity index (χ0n) is 15.5. The van der Waals surface area contributed by atoms with Gasteiger partial charge in [0.05, 0.1) is 14.2 Å². The Morgan fingerprint density at radius 1 is 0.960 bits per heavy atom. The monoisotopic (exact) mass is 342 g/mol. The first-order chi connectivity index (χ1) is 12.2. The molecule has 2 aliphatic carbocycles. The third-order valence-corrected chi connectivity index (χ3v) is 6.26. The van der Waals surface area contributed by atoms with Crippen LogP contribution in [0, 0.1) is 17.8 Å². The molecule has 0 spiro atoms. The van der Waals surface area contributed by atoms with Crippen LogP contribution in [0.15, 0.2) is 30.4 Å². The van der Waals surface area contributed by atoms with Crippen LogP contribution in [0.5, 0.6) is 11.5 Å². The van der Waals surface area contributed by atoms with E-state index < -0.39 is 0 Å². The van der Waals surface area contributed by atoms with E-state index in [0.29, 0.717) is 0 Å². The largest absolute Gasteiger partial charge is 0.497 e. The minimum Gasteiger partial charge on any atom is -0.497 e. The topological polar surface area (TPSA) is 24.9 Å². The maximum Gasteiger partial charge on any atom is 0.127 e. The van der Waals surface area contributed by atoms with E-state index in [0.717, 1.165) is 48.9 Å². The molecule has 1 saturated heterocycles. The molecular formula is C21H30N2O2. The fourth-order valence-electron chi connectivity index (χ4n) is 4.79. The van der Waals surface area contributed by atoms with Crippen molar-refractivity contribution in [3.8, 4) is 11.5 Å². The summed E-state index contributed by atoms with van der Waals surface area (Å²) in [7, 11) is 3.43. The second-order valence-corrected chi connectivity index (χ2v) is 7.79. The second kappa shape index (κ2) is 7.38. The zero-order valence-corrected chi connectivity index (χ0v) is 15.5. The Labute approximate surface area is 151 Å². The SMILES string of the molecule is COc1ccc(CN2CCN(C[C@@H]3C[C@@H]4C=C[C@H]3C4)CC2)c(OC)c1. The first-order valence-corrected chi connectivity index (χ1v) is 9.59. The van der Waals surface area contributed by atoms with Crippen LogP contribution in [-0.4, -0.2) is 56.7 Å². The number of fused-ring (bicyclic) bond motifs is 2. The van der Waals surface area contributed by atoms with Gasteiger partial charge in [-0.25, -0.2) is 0 Å². The molecular weight excluding hydrogens is 312 g/mol. The molecule has 0 radical (unpaired) electrons. The molecule has 0 amide bonds. The van der Waals surface area contributed by atoms with Gasteiger partial charge in [0.2, 0.25) is 0 Å². The number of methoxy groups -OCH3 is 2. The number of benzene rings is 1. The molecule has 0 aromatic heterocycles. The van der Waals surface area contributed by atoms with Crippen LogP contribution < -0.4 is 9.47 Å². The van der Waals surface area contributed by atoms with Crippen LogP contribution >= 0.6 is 0 Å². The lowest BCUT2D eigenvalue weighted by Gasteiger charge is -2.37. The van der Waals surface area contributed by atoms with Crippen molar-refractivity contribution in [2.45, 2.75) is 19.4 Å². The Morgan fingerprint density at radius 3 is 2.40 bits per heavy atom. The smallest absolute Gasteiger partial charge is 0.127 e. The molecule has 3 atom stereocenters. The molecule has 1 aromatic rings.